The van der Waals surface area contributed by atoms with Crippen LogP contribution in [-0.2, 0) is 0 Å². The van der Waals surface area contributed by atoms with Gasteiger partial charge in [-0.25, -0.2) is 4.98 Å². The maximum Gasteiger partial charge on any atom is 0.222 e. The molecule has 1 N–H and O–H groups in total. The van der Waals surface area contributed by atoms with Crippen molar-refractivity contribution in [2.24, 2.45) is 0 Å². The Hall–Kier alpha value is -1.75. The molecule has 1 aromatic heterocycles. The molecule has 0 fully saturated rings. The summed E-state index contributed by atoms with van der Waals surface area (Å²) in [4.78, 5) is 4.00. The van der Waals surface area contributed by atoms with Crippen molar-refractivity contribution in [3.8, 4) is 28.0 Å². The molecule has 84 valence electrons. The maximum atomic E-state index is 9.21. The first-order valence-electron chi connectivity index (χ1n) is 4.61. The Bertz CT molecular complexity index is 496. The van der Waals surface area contributed by atoms with Gasteiger partial charge in [0.05, 0.1) is 25.2 Å². The number of aromatic nitrogens is 1. The van der Waals surface area contributed by atoms with Gasteiger partial charge >= 0.3 is 0 Å². The van der Waals surface area contributed by atoms with Crippen LogP contribution >= 0.6 is 11.3 Å². The highest BCUT2D eigenvalue weighted by Crippen LogP contribution is 2.35. The molecule has 0 unspecified atom stereocenters. The monoisotopic (exact) mass is 237 g/mol. The molecule has 0 spiro atoms. The minimum atomic E-state index is 0.0258. The van der Waals surface area contributed by atoms with E-state index in [0.717, 1.165) is 16.3 Å². The second kappa shape index (κ2) is 4.40. The van der Waals surface area contributed by atoms with Crippen LogP contribution in [0, 0.1) is 0 Å². The number of hydrogen-bond acceptors (Lipinski definition) is 5. The predicted octanol–water partition coefficient (Wildman–Crippen LogP) is 2.53. The standard InChI is InChI=1S/C11H11NO3S/c1-14-7-3-4-8(9(5-7)15-2)11-12-10(13)6-16-11/h3-6,13H,1-2H3. The van der Waals surface area contributed by atoms with Crippen LogP contribution in [-0.4, -0.2) is 24.3 Å². The quantitative estimate of drug-likeness (QED) is 0.891. The Labute approximate surface area is 97.1 Å². The van der Waals surface area contributed by atoms with Gasteiger partial charge in [-0.3, -0.25) is 0 Å². The van der Waals surface area contributed by atoms with Crippen LogP contribution in [0.15, 0.2) is 23.6 Å². The second-order valence-corrected chi connectivity index (χ2v) is 3.94. The molecule has 2 aromatic rings. The number of rotatable bonds is 3. The van der Waals surface area contributed by atoms with Crippen molar-refractivity contribution in [1.82, 2.24) is 4.98 Å². The average molecular weight is 237 g/mol. The van der Waals surface area contributed by atoms with Crippen molar-refractivity contribution in [2.75, 3.05) is 14.2 Å². The Kier molecular flexibility index (Phi) is 2.96. The van der Waals surface area contributed by atoms with E-state index in [1.807, 2.05) is 12.1 Å². The fraction of sp³-hybridized carbons (Fsp3) is 0.182. The first-order valence-corrected chi connectivity index (χ1v) is 5.49. The van der Waals surface area contributed by atoms with Gasteiger partial charge in [0, 0.05) is 6.07 Å². The molecule has 0 bridgehead atoms. The zero-order chi connectivity index (χ0) is 11.5. The summed E-state index contributed by atoms with van der Waals surface area (Å²) in [5.41, 5.74) is 0.841. The lowest BCUT2D eigenvalue weighted by Gasteiger charge is -2.07. The normalized spacial score (nSPS) is 10.1. The fourth-order valence-corrected chi connectivity index (χ4v) is 2.08. The summed E-state index contributed by atoms with van der Waals surface area (Å²) in [5.74, 6) is 1.42. The summed E-state index contributed by atoms with van der Waals surface area (Å²) >= 11 is 1.36. The summed E-state index contributed by atoms with van der Waals surface area (Å²) in [7, 11) is 3.19. The maximum absolute atomic E-state index is 9.21. The van der Waals surface area contributed by atoms with Crippen molar-refractivity contribution >= 4 is 11.3 Å². The topological polar surface area (TPSA) is 51.6 Å². The third-order valence-corrected chi connectivity index (χ3v) is 2.99. The molecule has 0 radical (unpaired) electrons. The summed E-state index contributed by atoms with van der Waals surface area (Å²) in [5, 5.41) is 11.5. The van der Waals surface area contributed by atoms with Gasteiger partial charge in [-0.15, -0.1) is 11.3 Å². The van der Waals surface area contributed by atoms with Crippen LogP contribution in [0.25, 0.3) is 10.6 Å². The number of aromatic hydroxyl groups is 1. The van der Waals surface area contributed by atoms with Crippen molar-refractivity contribution in [3.63, 3.8) is 0 Å². The highest BCUT2D eigenvalue weighted by atomic mass is 32.1. The molecule has 5 heteroatoms. The predicted molar refractivity (Wildman–Crippen MR) is 62.3 cm³/mol. The van der Waals surface area contributed by atoms with Gasteiger partial charge in [0.2, 0.25) is 5.88 Å². The van der Waals surface area contributed by atoms with Crippen LogP contribution in [0.1, 0.15) is 0 Å². The van der Waals surface area contributed by atoms with E-state index in [4.69, 9.17) is 9.47 Å². The summed E-state index contributed by atoms with van der Waals surface area (Å²) in [6.45, 7) is 0. The minimum Gasteiger partial charge on any atom is -0.497 e. The molecular weight excluding hydrogens is 226 g/mol. The third-order valence-electron chi connectivity index (χ3n) is 2.13. The van der Waals surface area contributed by atoms with E-state index in [-0.39, 0.29) is 5.88 Å². The van der Waals surface area contributed by atoms with E-state index in [1.165, 1.54) is 11.3 Å². The van der Waals surface area contributed by atoms with Gasteiger partial charge in [-0.1, -0.05) is 0 Å². The molecular formula is C11H11NO3S. The van der Waals surface area contributed by atoms with Crippen molar-refractivity contribution < 1.29 is 14.6 Å². The van der Waals surface area contributed by atoms with Crippen LogP contribution in [0.4, 0.5) is 0 Å². The molecule has 2 rings (SSSR count). The van der Waals surface area contributed by atoms with Gasteiger partial charge in [0.25, 0.3) is 0 Å². The lowest BCUT2D eigenvalue weighted by molar-refractivity contribution is 0.395. The molecule has 0 aliphatic heterocycles. The first-order chi connectivity index (χ1) is 7.74. The Balaban J connectivity index is 2.48. The molecule has 1 heterocycles. The Morgan fingerprint density at radius 2 is 2.06 bits per heavy atom. The highest BCUT2D eigenvalue weighted by molar-refractivity contribution is 7.13. The molecule has 0 amide bonds. The van der Waals surface area contributed by atoms with Gasteiger partial charge < -0.3 is 14.6 Å². The Morgan fingerprint density at radius 1 is 1.25 bits per heavy atom. The lowest BCUT2D eigenvalue weighted by Crippen LogP contribution is -1.89. The first kappa shape index (κ1) is 10.8. The Morgan fingerprint density at radius 3 is 2.62 bits per heavy atom. The number of thiazole rings is 1. The lowest BCUT2D eigenvalue weighted by atomic mass is 10.2. The summed E-state index contributed by atoms with van der Waals surface area (Å²) in [6.07, 6.45) is 0. The van der Waals surface area contributed by atoms with Crippen LogP contribution in [0.2, 0.25) is 0 Å². The SMILES string of the molecule is COc1ccc(-c2nc(O)cs2)c(OC)c1. The third kappa shape index (κ3) is 1.94. The average Bonchev–Trinajstić information content (AvgIpc) is 2.74. The van der Waals surface area contributed by atoms with Gasteiger partial charge in [0.15, 0.2) is 0 Å². The molecule has 0 aliphatic rings. The molecule has 4 nitrogen and oxygen atoms in total. The van der Waals surface area contributed by atoms with E-state index >= 15 is 0 Å². The van der Waals surface area contributed by atoms with Gasteiger partial charge in [-0.2, -0.15) is 0 Å². The molecule has 0 saturated heterocycles. The fourth-order valence-electron chi connectivity index (χ4n) is 1.36. The van der Waals surface area contributed by atoms with Crippen molar-refractivity contribution in [2.45, 2.75) is 0 Å². The van der Waals surface area contributed by atoms with E-state index in [2.05, 4.69) is 4.98 Å². The van der Waals surface area contributed by atoms with E-state index in [9.17, 15) is 5.11 Å². The highest BCUT2D eigenvalue weighted by Gasteiger charge is 2.10. The van der Waals surface area contributed by atoms with Gasteiger partial charge in [-0.05, 0) is 12.1 Å². The van der Waals surface area contributed by atoms with E-state index in [0.29, 0.717) is 5.75 Å². The largest absolute Gasteiger partial charge is 0.497 e. The number of hydrogen-bond donors (Lipinski definition) is 1. The molecule has 0 aliphatic carbocycles. The second-order valence-electron chi connectivity index (χ2n) is 3.08. The van der Waals surface area contributed by atoms with Gasteiger partial charge in [0.1, 0.15) is 16.5 Å². The summed E-state index contributed by atoms with van der Waals surface area (Å²) in [6, 6.07) is 5.47. The summed E-state index contributed by atoms with van der Waals surface area (Å²) < 4.78 is 10.4. The van der Waals surface area contributed by atoms with Crippen molar-refractivity contribution in [1.29, 1.82) is 0 Å². The zero-order valence-electron chi connectivity index (χ0n) is 8.93. The molecule has 16 heavy (non-hydrogen) atoms. The smallest absolute Gasteiger partial charge is 0.222 e. The zero-order valence-corrected chi connectivity index (χ0v) is 9.75. The minimum absolute atomic E-state index is 0.0258. The van der Waals surface area contributed by atoms with Crippen LogP contribution in [0.5, 0.6) is 17.4 Å². The van der Waals surface area contributed by atoms with Crippen LogP contribution in [0.3, 0.4) is 0 Å². The molecule has 1 aromatic carbocycles. The number of methoxy groups -OCH3 is 2. The van der Waals surface area contributed by atoms with Crippen molar-refractivity contribution in [3.05, 3.63) is 23.6 Å². The number of nitrogens with zero attached hydrogens (tertiary/aromatic N) is 1. The number of ether oxygens (including phenoxy) is 2. The molecule has 0 saturated carbocycles. The number of benzene rings is 1. The van der Waals surface area contributed by atoms with Crippen LogP contribution < -0.4 is 9.47 Å². The van der Waals surface area contributed by atoms with E-state index in [1.54, 1.807) is 25.7 Å². The molecule has 0 atom stereocenters. The van der Waals surface area contributed by atoms with E-state index < -0.39 is 0 Å².